The Morgan fingerprint density at radius 3 is 2.62 bits per heavy atom. The monoisotopic (exact) mass is 398 g/mol. The Bertz CT molecular complexity index is 731. The molecule has 1 aliphatic rings. The van der Waals surface area contributed by atoms with Gasteiger partial charge in [-0.1, -0.05) is 15.9 Å². The molecule has 8 nitrogen and oxygen atoms in total. The zero-order chi connectivity index (χ0) is 17.9. The molecule has 0 radical (unpaired) electrons. The minimum Gasteiger partial charge on any atom is -0.493 e. The molecule has 0 atom stereocenters. The predicted octanol–water partition coefficient (Wildman–Crippen LogP) is 1.83. The summed E-state index contributed by atoms with van der Waals surface area (Å²) in [6, 6.07) is 2.63. The minimum atomic E-state index is -1.11. The van der Waals surface area contributed by atoms with Gasteiger partial charge in [-0.3, -0.25) is 9.69 Å². The number of ether oxygens (including phenoxy) is 2. The van der Waals surface area contributed by atoms with Crippen molar-refractivity contribution in [2.45, 2.75) is 6.92 Å². The summed E-state index contributed by atoms with van der Waals surface area (Å²) in [5, 5.41) is 11.2. The Hall–Kier alpha value is -2.55. The number of halogens is 1. The molecule has 0 aromatic heterocycles. The molecule has 1 aromatic carbocycles. The number of carbonyl (C=O) groups excluding carboxylic acids is 2. The first kappa shape index (κ1) is 17.8. The van der Waals surface area contributed by atoms with Crippen LogP contribution in [0, 0.1) is 0 Å². The van der Waals surface area contributed by atoms with E-state index in [-0.39, 0.29) is 18.0 Å². The molecule has 0 unspecified atom stereocenters. The third-order valence-corrected chi connectivity index (χ3v) is 3.90. The summed E-state index contributed by atoms with van der Waals surface area (Å²) in [6.07, 6.45) is 1.50. The van der Waals surface area contributed by atoms with Gasteiger partial charge in [-0.05, 0) is 30.7 Å². The molecule has 1 fully saturated rings. The van der Waals surface area contributed by atoms with Crippen molar-refractivity contribution in [2.24, 2.45) is 0 Å². The van der Waals surface area contributed by atoms with Gasteiger partial charge in [0.05, 0.1) is 7.11 Å². The molecule has 0 aliphatic carbocycles. The lowest BCUT2D eigenvalue weighted by atomic mass is 10.1. The zero-order valence-electron chi connectivity index (χ0n) is 13.0. The highest BCUT2D eigenvalue weighted by Crippen LogP contribution is 2.34. The average Bonchev–Trinajstić information content (AvgIpc) is 2.80. The number of imide groups is 1. The van der Waals surface area contributed by atoms with Crippen LogP contribution < -0.4 is 14.8 Å². The van der Waals surface area contributed by atoms with Crippen LogP contribution in [0.25, 0.3) is 6.08 Å². The summed E-state index contributed by atoms with van der Waals surface area (Å²) in [5.74, 6) is -0.987. The number of benzene rings is 1. The van der Waals surface area contributed by atoms with Crippen molar-refractivity contribution in [2.75, 3.05) is 20.3 Å². The smallest absolute Gasteiger partial charge is 0.341 e. The maximum Gasteiger partial charge on any atom is 0.341 e. The fourth-order valence-electron chi connectivity index (χ4n) is 2.09. The zero-order valence-corrected chi connectivity index (χ0v) is 14.5. The van der Waals surface area contributed by atoms with Crippen LogP contribution in [0.2, 0.25) is 0 Å². The van der Waals surface area contributed by atoms with Gasteiger partial charge in [0.15, 0.2) is 18.1 Å². The van der Waals surface area contributed by atoms with Gasteiger partial charge in [0, 0.05) is 11.0 Å². The second-order valence-corrected chi connectivity index (χ2v) is 5.60. The van der Waals surface area contributed by atoms with Gasteiger partial charge in [-0.2, -0.15) is 0 Å². The maximum atomic E-state index is 12.1. The lowest BCUT2D eigenvalue weighted by Gasteiger charge is -2.11. The molecule has 3 amide bonds. The molecular weight excluding hydrogens is 384 g/mol. The molecule has 9 heteroatoms. The molecule has 0 spiro atoms. The molecule has 2 N–H and O–H groups in total. The largest absolute Gasteiger partial charge is 0.493 e. The Kier molecular flexibility index (Phi) is 5.45. The van der Waals surface area contributed by atoms with Gasteiger partial charge >= 0.3 is 12.0 Å². The Morgan fingerprint density at radius 1 is 1.38 bits per heavy atom. The highest BCUT2D eigenvalue weighted by Gasteiger charge is 2.32. The summed E-state index contributed by atoms with van der Waals surface area (Å²) in [7, 11) is 1.41. The lowest BCUT2D eigenvalue weighted by molar-refractivity contribution is -0.139. The number of likely N-dealkylation sites (N-methyl/N-ethyl adjacent to an activating group) is 1. The van der Waals surface area contributed by atoms with Gasteiger partial charge in [0.1, 0.15) is 5.70 Å². The van der Waals surface area contributed by atoms with E-state index in [4.69, 9.17) is 14.6 Å². The van der Waals surface area contributed by atoms with Crippen molar-refractivity contribution in [1.82, 2.24) is 10.2 Å². The third-order valence-electron chi connectivity index (χ3n) is 3.21. The standard InChI is InChI=1S/C15H15BrN2O6/c1-3-18-14(21)10(17-15(18)22)4-8-5-11(23-2)12(6-9(8)16)24-7-13(19)20/h4-6H,3,7H2,1-2H3,(H,17,22)(H,19,20)/b10-4+. The third kappa shape index (κ3) is 3.67. The second-order valence-electron chi connectivity index (χ2n) is 4.74. The van der Waals surface area contributed by atoms with Crippen molar-refractivity contribution >= 4 is 39.9 Å². The minimum absolute atomic E-state index is 0.142. The SMILES string of the molecule is CCN1C(=O)N/C(=C/c2cc(OC)c(OCC(=O)O)cc2Br)C1=O. The van der Waals surface area contributed by atoms with E-state index in [0.717, 1.165) is 4.90 Å². The molecule has 1 aromatic rings. The van der Waals surface area contributed by atoms with Crippen LogP contribution in [-0.2, 0) is 9.59 Å². The summed E-state index contributed by atoms with van der Waals surface area (Å²) >= 11 is 3.33. The first-order valence-electron chi connectivity index (χ1n) is 6.94. The van der Waals surface area contributed by atoms with Crippen molar-refractivity contribution in [3.63, 3.8) is 0 Å². The van der Waals surface area contributed by atoms with Crippen LogP contribution in [0.15, 0.2) is 22.3 Å². The average molecular weight is 399 g/mol. The van der Waals surface area contributed by atoms with Crippen LogP contribution >= 0.6 is 15.9 Å². The van der Waals surface area contributed by atoms with E-state index in [1.54, 1.807) is 13.0 Å². The first-order valence-corrected chi connectivity index (χ1v) is 7.73. The molecule has 1 aliphatic heterocycles. The normalized spacial score (nSPS) is 15.6. The van der Waals surface area contributed by atoms with E-state index in [1.807, 2.05) is 0 Å². The highest BCUT2D eigenvalue weighted by molar-refractivity contribution is 9.10. The molecule has 2 rings (SSSR count). The number of nitrogens with zero attached hydrogens (tertiary/aromatic N) is 1. The number of methoxy groups -OCH3 is 1. The van der Waals surface area contributed by atoms with Crippen LogP contribution in [0.4, 0.5) is 4.79 Å². The number of carboxylic acid groups (broad SMARTS) is 1. The number of hydrogen-bond donors (Lipinski definition) is 2. The van der Waals surface area contributed by atoms with E-state index in [2.05, 4.69) is 21.2 Å². The van der Waals surface area contributed by atoms with Crippen molar-refractivity contribution in [1.29, 1.82) is 0 Å². The van der Waals surface area contributed by atoms with Gasteiger partial charge < -0.3 is 19.9 Å². The van der Waals surface area contributed by atoms with Crippen LogP contribution in [0.5, 0.6) is 11.5 Å². The lowest BCUT2D eigenvalue weighted by Crippen LogP contribution is -2.30. The number of rotatable bonds is 6. The molecule has 0 bridgehead atoms. The molecule has 0 saturated carbocycles. The van der Waals surface area contributed by atoms with Gasteiger partial charge in [0.25, 0.3) is 5.91 Å². The maximum absolute atomic E-state index is 12.1. The Balaban J connectivity index is 2.35. The molecule has 1 heterocycles. The van der Waals surface area contributed by atoms with Crippen molar-refractivity contribution in [3.8, 4) is 11.5 Å². The van der Waals surface area contributed by atoms with Crippen molar-refractivity contribution < 1.29 is 29.0 Å². The van der Waals surface area contributed by atoms with E-state index in [9.17, 15) is 14.4 Å². The number of hydrogen-bond acceptors (Lipinski definition) is 5. The Labute approximate surface area is 146 Å². The van der Waals surface area contributed by atoms with Crippen molar-refractivity contribution in [3.05, 3.63) is 27.9 Å². The summed E-state index contributed by atoms with van der Waals surface area (Å²) < 4.78 is 10.9. The molecule has 1 saturated heterocycles. The first-order chi connectivity index (χ1) is 11.4. The van der Waals surface area contributed by atoms with Crippen LogP contribution in [0.1, 0.15) is 12.5 Å². The summed E-state index contributed by atoms with van der Waals surface area (Å²) in [6.45, 7) is 1.46. The quantitative estimate of drug-likeness (QED) is 0.559. The van der Waals surface area contributed by atoms with E-state index in [0.29, 0.717) is 15.8 Å². The van der Waals surface area contributed by atoms with Gasteiger partial charge in [0.2, 0.25) is 0 Å². The fraction of sp³-hybridized carbons (Fsp3) is 0.267. The number of nitrogens with one attached hydrogen (secondary N) is 1. The molecular formula is C15H15BrN2O6. The Morgan fingerprint density at radius 2 is 2.08 bits per heavy atom. The topological polar surface area (TPSA) is 105 Å². The van der Waals surface area contributed by atoms with Crippen LogP contribution in [-0.4, -0.2) is 48.2 Å². The van der Waals surface area contributed by atoms with Gasteiger partial charge in [-0.25, -0.2) is 9.59 Å². The number of amides is 3. The summed E-state index contributed by atoms with van der Waals surface area (Å²) in [5.41, 5.74) is 0.708. The van der Waals surface area contributed by atoms with E-state index < -0.39 is 24.5 Å². The fourth-order valence-corrected chi connectivity index (χ4v) is 2.52. The predicted molar refractivity (Wildman–Crippen MR) is 87.7 cm³/mol. The van der Waals surface area contributed by atoms with Crippen LogP contribution in [0.3, 0.4) is 0 Å². The second kappa shape index (κ2) is 7.35. The molecule has 24 heavy (non-hydrogen) atoms. The van der Waals surface area contributed by atoms with E-state index in [1.165, 1.54) is 19.3 Å². The number of carboxylic acids is 1. The van der Waals surface area contributed by atoms with E-state index >= 15 is 0 Å². The van der Waals surface area contributed by atoms with Gasteiger partial charge in [-0.15, -0.1) is 0 Å². The molecule has 128 valence electrons. The summed E-state index contributed by atoms with van der Waals surface area (Å²) in [4.78, 5) is 35.5. The highest BCUT2D eigenvalue weighted by atomic mass is 79.9. The number of carbonyl (C=O) groups is 3. The number of aliphatic carboxylic acids is 1. The number of urea groups is 1.